The maximum atomic E-state index is 13.4. The number of amides is 1. The van der Waals surface area contributed by atoms with E-state index in [9.17, 15) is 14.0 Å². The third kappa shape index (κ3) is 4.86. The maximum absolute atomic E-state index is 13.4. The minimum absolute atomic E-state index is 0.0396. The van der Waals surface area contributed by atoms with Crippen LogP contribution in [0.15, 0.2) is 30.4 Å². The summed E-state index contributed by atoms with van der Waals surface area (Å²) < 4.78 is 18.3. The lowest BCUT2D eigenvalue weighted by Gasteiger charge is -2.09. The van der Waals surface area contributed by atoms with Gasteiger partial charge in [0.15, 0.2) is 6.61 Å². The lowest BCUT2D eigenvalue weighted by Crippen LogP contribution is -2.22. The molecule has 4 nitrogen and oxygen atoms in total. The van der Waals surface area contributed by atoms with Crippen LogP contribution in [0.4, 0.5) is 10.1 Å². The van der Waals surface area contributed by atoms with Gasteiger partial charge in [-0.05, 0) is 37.0 Å². The highest BCUT2D eigenvalue weighted by Gasteiger charge is 2.16. The summed E-state index contributed by atoms with van der Waals surface area (Å²) in [5.41, 5.74) is -0.0396. The fourth-order valence-corrected chi connectivity index (χ4v) is 2.24. The lowest BCUT2D eigenvalue weighted by atomic mass is 10.1. The van der Waals surface area contributed by atoms with Gasteiger partial charge in [-0.3, -0.25) is 9.59 Å². The Bertz CT molecular complexity index is 574. The number of carbonyl (C=O) groups excluding carboxylic acids is 2. The SMILES string of the molecule is O=C(COC(=O)C[C@H]1C=CCC1)Nc1cc(Cl)ccc1F. The van der Waals surface area contributed by atoms with E-state index >= 15 is 0 Å². The lowest BCUT2D eigenvalue weighted by molar-refractivity contribution is -0.147. The summed E-state index contributed by atoms with van der Waals surface area (Å²) in [6.45, 7) is -0.443. The van der Waals surface area contributed by atoms with Gasteiger partial charge in [-0.25, -0.2) is 4.39 Å². The standard InChI is InChI=1S/C15H15ClFNO3/c16-11-5-6-12(17)13(8-11)18-14(19)9-21-15(20)7-10-3-1-2-4-10/h1,3,5-6,8,10H,2,4,7,9H2,(H,18,19)/t10-/m0/s1. The van der Waals surface area contributed by atoms with E-state index in [0.717, 1.165) is 18.9 Å². The molecule has 1 amide bonds. The predicted molar refractivity (Wildman–Crippen MR) is 77.5 cm³/mol. The number of halogens is 2. The van der Waals surface area contributed by atoms with Crippen molar-refractivity contribution in [3.05, 3.63) is 41.2 Å². The Morgan fingerprint density at radius 1 is 1.43 bits per heavy atom. The molecule has 1 N–H and O–H groups in total. The molecule has 1 aliphatic carbocycles. The number of nitrogens with one attached hydrogen (secondary N) is 1. The average Bonchev–Trinajstić information content (AvgIpc) is 2.93. The third-order valence-corrected chi connectivity index (χ3v) is 3.34. The molecule has 1 aromatic carbocycles. The van der Waals surface area contributed by atoms with Gasteiger partial charge in [0.2, 0.25) is 0 Å². The molecule has 0 fully saturated rings. The second kappa shape index (κ2) is 7.22. The zero-order valence-electron chi connectivity index (χ0n) is 11.3. The molecule has 0 saturated carbocycles. The zero-order valence-corrected chi connectivity index (χ0v) is 12.0. The van der Waals surface area contributed by atoms with Gasteiger partial charge in [-0.2, -0.15) is 0 Å². The Balaban J connectivity index is 1.77. The van der Waals surface area contributed by atoms with Crippen molar-refractivity contribution < 1.29 is 18.7 Å². The number of benzene rings is 1. The Labute approximate surface area is 126 Å². The van der Waals surface area contributed by atoms with Gasteiger partial charge in [0.05, 0.1) is 12.1 Å². The van der Waals surface area contributed by atoms with Crippen LogP contribution in [0.5, 0.6) is 0 Å². The molecular weight excluding hydrogens is 297 g/mol. The first-order valence-corrected chi connectivity index (χ1v) is 6.99. The highest BCUT2D eigenvalue weighted by molar-refractivity contribution is 6.30. The van der Waals surface area contributed by atoms with Crippen LogP contribution in [0.1, 0.15) is 19.3 Å². The Kier molecular flexibility index (Phi) is 5.33. The maximum Gasteiger partial charge on any atom is 0.306 e. The van der Waals surface area contributed by atoms with Crippen LogP contribution in [0.2, 0.25) is 5.02 Å². The van der Waals surface area contributed by atoms with Crippen molar-refractivity contribution in [2.24, 2.45) is 5.92 Å². The van der Waals surface area contributed by atoms with Crippen molar-refractivity contribution in [2.75, 3.05) is 11.9 Å². The number of carbonyl (C=O) groups is 2. The van der Waals surface area contributed by atoms with E-state index in [1.165, 1.54) is 12.1 Å². The fraction of sp³-hybridized carbons (Fsp3) is 0.333. The summed E-state index contributed by atoms with van der Waals surface area (Å²) in [4.78, 5) is 23.2. The van der Waals surface area contributed by atoms with Crippen molar-refractivity contribution in [2.45, 2.75) is 19.3 Å². The summed E-state index contributed by atoms with van der Waals surface area (Å²) in [5, 5.41) is 2.61. The molecule has 0 aliphatic heterocycles. The molecule has 0 aromatic heterocycles. The van der Waals surface area contributed by atoms with Crippen LogP contribution in [0.25, 0.3) is 0 Å². The first-order valence-electron chi connectivity index (χ1n) is 6.62. The normalized spacial score (nSPS) is 16.8. The molecule has 0 bridgehead atoms. The summed E-state index contributed by atoms with van der Waals surface area (Å²) in [5.74, 6) is -1.46. The summed E-state index contributed by atoms with van der Waals surface area (Å²) in [6, 6.07) is 3.82. The second-order valence-electron chi connectivity index (χ2n) is 4.80. The molecule has 1 aliphatic rings. The molecule has 2 rings (SSSR count). The molecule has 0 spiro atoms. The summed E-state index contributed by atoms with van der Waals surface area (Å²) >= 11 is 5.71. The number of rotatable bonds is 5. The van der Waals surface area contributed by atoms with Gasteiger partial charge >= 0.3 is 5.97 Å². The molecule has 0 radical (unpaired) electrons. The monoisotopic (exact) mass is 311 g/mol. The Hall–Kier alpha value is -1.88. The van der Waals surface area contributed by atoms with E-state index in [1.807, 2.05) is 12.2 Å². The van der Waals surface area contributed by atoms with Gasteiger partial charge < -0.3 is 10.1 Å². The van der Waals surface area contributed by atoms with Crippen LogP contribution >= 0.6 is 11.6 Å². The van der Waals surface area contributed by atoms with Crippen molar-refractivity contribution in [3.8, 4) is 0 Å². The van der Waals surface area contributed by atoms with Crippen LogP contribution in [0.3, 0.4) is 0 Å². The van der Waals surface area contributed by atoms with Crippen molar-refractivity contribution >= 4 is 29.2 Å². The second-order valence-corrected chi connectivity index (χ2v) is 5.24. The number of allylic oxidation sites excluding steroid dienone is 2. The van der Waals surface area contributed by atoms with E-state index in [2.05, 4.69) is 5.32 Å². The number of hydrogen-bond donors (Lipinski definition) is 1. The van der Waals surface area contributed by atoms with Crippen LogP contribution in [-0.4, -0.2) is 18.5 Å². The highest BCUT2D eigenvalue weighted by atomic mass is 35.5. The van der Waals surface area contributed by atoms with Crippen LogP contribution in [-0.2, 0) is 14.3 Å². The van der Waals surface area contributed by atoms with Crippen LogP contribution < -0.4 is 5.32 Å². The largest absolute Gasteiger partial charge is 0.456 e. The summed E-state index contributed by atoms with van der Waals surface area (Å²) in [6.07, 6.45) is 6.14. The van der Waals surface area contributed by atoms with Gasteiger partial charge in [-0.15, -0.1) is 0 Å². The predicted octanol–water partition coefficient (Wildman–Crippen LogP) is 3.32. The molecule has 1 aromatic rings. The van der Waals surface area contributed by atoms with Gasteiger partial charge in [0, 0.05) is 5.02 Å². The first kappa shape index (κ1) is 15.5. The van der Waals surface area contributed by atoms with Gasteiger partial charge in [0.25, 0.3) is 5.91 Å². The molecule has 0 heterocycles. The minimum atomic E-state index is -0.605. The first-order chi connectivity index (χ1) is 10.0. The average molecular weight is 312 g/mol. The fourth-order valence-electron chi connectivity index (χ4n) is 2.06. The number of anilines is 1. The summed E-state index contributed by atoms with van der Waals surface area (Å²) in [7, 11) is 0. The van der Waals surface area contributed by atoms with Crippen molar-refractivity contribution in [1.29, 1.82) is 0 Å². The smallest absolute Gasteiger partial charge is 0.306 e. The molecule has 1 atom stereocenters. The molecule has 0 unspecified atom stereocenters. The minimum Gasteiger partial charge on any atom is -0.456 e. The molecule has 0 saturated heterocycles. The third-order valence-electron chi connectivity index (χ3n) is 3.11. The Morgan fingerprint density at radius 2 is 2.24 bits per heavy atom. The van der Waals surface area contributed by atoms with Crippen molar-refractivity contribution in [3.63, 3.8) is 0 Å². The number of ether oxygens (including phenoxy) is 1. The topological polar surface area (TPSA) is 55.4 Å². The zero-order chi connectivity index (χ0) is 15.2. The van der Waals surface area contributed by atoms with E-state index in [4.69, 9.17) is 16.3 Å². The number of hydrogen-bond acceptors (Lipinski definition) is 3. The van der Waals surface area contributed by atoms with E-state index in [1.54, 1.807) is 0 Å². The van der Waals surface area contributed by atoms with E-state index in [0.29, 0.717) is 5.02 Å². The number of esters is 1. The highest BCUT2D eigenvalue weighted by Crippen LogP contribution is 2.21. The Morgan fingerprint density at radius 3 is 2.95 bits per heavy atom. The van der Waals surface area contributed by atoms with E-state index in [-0.39, 0.29) is 18.0 Å². The molecule has 21 heavy (non-hydrogen) atoms. The van der Waals surface area contributed by atoms with Gasteiger partial charge in [-0.1, -0.05) is 23.8 Å². The van der Waals surface area contributed by atoms with Gasteiger partial charge in [0.1, 0.15) is 5.82 Å². The molecular formula is C15H15ClFNO3. The molecule has 112 valence electrons. The van der Waals surface area contributed by atoms with E-state index < -0.39 is 24.3 Å². The quantitative estimate of drug-likeness (QED) is 0.670. The van der Waals surface area contributed by atoms with Crippen molar-refractivity contribution in [1.82, 2.24) is 0 Å². The van der Waals surface area contributed by atoms with Crippen LogP contribution in [0, 0.1) is 11.7 Å². The molecule has 6 heteroatoms.